The highest BCUT2D eigenvalue weighted by Gasteiger charge is 2.49. The van der Waals surface area contributed by atoms with Crippen LogP contribution in [0.3, 0.4) is 0 Å². The van der Waals surface area contributed by atoms with E-state index in [4.69, 9.17) is 0 Å². The van der Waals surface area contributed by atoms with E-state index in [1.165, 1.54) is 0 Å². The van der Waals surface area contributed by atoms with Crippen LogP contribution in [-0.2, 0) is 9.59 Å². The molecule has 3 unspecified atom stereocenters. The van der Waals surface area contributed by atoms with E-state index in [-0.39, 0.29) is 35.9 Å². The topological polar surface area (TPSA) is 49.4 Å². The zero-order valence-corrected chi connectivity index (χ0v) is 13.2. The smallest absolute Gasteiger partial charge is 0.246 e. The Kier molecular flexibility index (Phi) is 4.71. The maximum Gasteiger partial charge on any atom is 0.246 e. The Morgan fingerprint density at radius 2 is 1.90 bits per heavy atom. The molecule has 0 bridgehead atoms. The molecular weight excluding hydrogens is 252 g/mol. The fourth-order valence-electron chi connectivity index (χ4n) is 3.38. The van der Waals surface area contributed by atoms with Crippen LogP contribution in [0, 0.1) is 11.8 Å². The molecule has 114 valence electrons. The number of piperazine rings is 1. The Hall–Kier alpha value is -1.06. The number of amides is 2. The van der Waals surface area contributed by atoms with Gasteiger partial charge in [-0.3, -0.25) is 9.59 Å². The van der Waals surface area contributed by atoms with Crippen LogP contribution in [0.15, 0.2) is 0 Å². The molecule has 1 saturated heterocycles. The van der Waals surface area contributed by atoms with Crippen molar-refractivity contribution in [1.29, 1.82) is 0 Å². The lowest BCUT2D eigenvalue weighted by molar-refractivity contribution is -0.155. The van der Waals surface area contributed by atoms with Crippen molar-refractivity contribution >= 4 is 11.8 Å². The minimum absolute atomic E-state index is 0.0473. The van der Waals surface area contributed by atoms with Gasteiger partial charge in [-0.05, 0) is 37.5 Å². The third-order valence-corrected chi connectivity index (χ3v) is 4.60. The monoisotopic (exact) mass is 280 g/mol. The molecule has 0 spiro atoms. The maximum absolute atomic E-state index is 12.9. The molecule has 2 amide bonds. The van der Waals surface area contributed by atoms with Gasteiger partial charge >= 0.3 is 0 Å². The molecule has 20 heavy (non-hydrogen) atoms. The zero-order chi connectivity index (χ0) is 14.9. The number of carbonyl (C=O) groups excluding carboxylic acids is 2. The van der Waals surface area contributed by atoms with Gasteiger partial charge in [-0.15, -0.1) is 0 Å². The third kappa shape index (κ3) is 2.84. The average molecular weight is 280 g/mol. The lowest BCUT2D eigenvalue weighted by Gasteiger charge is -2.45. The lowest BCUT2D eigenvalue weighted by atomic mass is 9.92. The van der Waals surface area contributed by atoms with Crippen LogP contribution in [0.25, 0.3) is 0 Å². The number of carbonyl (C=O) groups is 2. The Morgan fingerprint density at radius 3 is 2.35 bits per heavy atom. The first-order chi connectivity index (χ1) is 9.51. The molecule has 0 radical (unpaired) electrons. The van der Waals surface area contributed by atoms with E-state index in [0.29, 0.717) is 5.92 Å². The van der Waals surface area contributed by atoms with Crippen molar-refractivity contribution in [2.75, 3.05) is 0 Å². The van der Waals surface area contributed by atoms with E-state index in [1.807, 2.05) is 18.7 Å². The Morgan fingerprint density at radius 1 is 1.25 bits per heavy atom. The molecule has 4 heteroatoms. The highest BCUT2D eigenvalue weighted by Crippen LogP contribution is 2.36. The molecule has 3 atom stereocenters. The van der Waals surface area contributed by atoms with Gasteiger partial charge in [-0.25, -0.2) is 0 Å². The molecule has 1 aliphatic heterocycles. The van der Waals surface area contributed by atoms with Gasteiger partial charge in [-0.2, -0.15) is 0 Å². The summed E-state index contributed by atoms with van der Waals surface area (Å²) >= 11 is 0. The van der Waals surface area contributed by atoms with E-state index in [2.05, 4.69) is 19.2 Å². The van der Waals surface area contributed by atoms with Gasteiger partial charge < -0.3 is 10.2 Å². The second kappa shape index (κ2) is 6.15. The van der Waals surface area contributed by atoms with Crippen molar-refractivity contribution in [2.45, 2.75) is 77.9 Å². The summed E-state index contributed by atoms with van der Waals surface area (Å²) in [6.07, 6.45) is 5.09. The number of rotatable bonds is 6. The zero-order valence-electron chi connectivity index (χ0n) is 13.2. The van der Waals surface area contributed by atoms with Gasteiger partial charge in [0.25, 0.3) is 0 Å². The number of nitrogens with zero attached hydrogens (tertiary/aromatic N) is 1. The molecular formula is C16H28N2O2. The van der Waals surface area contributed by atoms with Crippen LogP contribution >= 0.6 is 0 Å². The van der Waals surface area contributed by atoms with Gasteiger partial charge in [0.2, 0.25) is 11.8 Å². The van der Waals surface area contributed by atoms with Crippen molar-refractivity contribution in [2.24, 2.45) is 11.8 Å². The molecule has 4 nitrogen and oxygen atoms in total. The average Bonchev–Trinajstić information content (AvgIpc) is 3.22. The van der Waals surface area contributed by atoms with Crippen LogP contribution in [0.2, 0.25) is 0 Å². The van der Waals surface area contributed by atoms with E-state index < -0.39 is 0 Å². The highest BCUT2D eigenvalue weighted by atomic mass is 16.2. The molecule has 1 aliphatic carbocycles. The van der Waals surface area contributed by atoms with Gasteiger partial charge in [0.05, 0.1) is 0 Å². The molecule has 0 aromatic rings. The summed E-state index contributed by atoms with van der Waals surface area (Å²) in [5.41, 5.74) is 0. The van der Waals surface area contributed by atoms with Gasteiger partial charge in [0.1, 0.15) is 12.1 Å². The van der Waals surface area contributed by atoms with Crippen LogP contribution in [-0.4, -0.2) is 34.8 Å². The molecule has 0 aromatic heterocycles. The van der Waals surface area contributed by atoms with Crippen LogP contribution in [0.4, 0.5) is 0 Å². The Balaban J connectivity index is 2.27. The normalized spacial score (nSPS) is 28.8. The summed E-state index contributed by atoms with van der Waals surface area (Å²) in [6.45, 7) is 8.31. The third-order valence-electron chi connectivity index (χ3n) is 4.60. The van der Waals surface area contributed by atoms with Gasteiger partial charge in [0, 0.05) is 6.04 Å². The first-order valence-corrected chi connectivity index (χ1v) is 8.13. The van der Waals surface area contributed by atoms with Crippen molar-refractivity contribution in [1.82, 2.24) is 10.2 Å². The fourth-order valence-corrected chi connectivity index (χ4v) is 3.38. The summed E-state index contributed by atoms with van der Waals surface area (Å²) in [5, 5.41) is 2.98. The van der Waals surface area contributed by atoms with Crippen LogP contribution in [0.5, 0.6) is 0 Å². The summed E-state index contributed by atoms with van der Waals surface area (Å²) < 4.78 is 0. The van der Waals surface area contributed by atoms with Gasteiger partial charge in [-0.1, -0.05) is 34.1 Å². The van der Waals surface area contributed by atoms with Crippen molar-refractivity contribution < 1.29 is 9.59 Å². The largest absolute Gasteiger partial charge is 0.342 e. The number of nitrogens with one attached hydrogen (secondary N) is 1. The summed E-state index contributed by atoms with van der Waals surface area (Å²) in [6, 6.07) is -0.357. The summed E-state index contributed by atoms with van der Waals surface area (Å²) in [4.78, 5) is 27.2. The van der Waals surface area contributed by atoms with Crippen LogP contribution in [0.1, 0.15) is 59.8 Å². The van der Waals surface area contributed by atoms with E-state index in [0.717, 1.165) is 32.1 Å². The second-order valence-electron chi connectivity index (χ2n) is 6.61. The Bertz CT molecular complexity index is 377. The quantitative estimate of drug-likeness (QED) is 0.812. The van der Waals surface area contributed by atoms with Crippen molar-refractivity contribution in [3.8, 4) is 0 Å². The molecule has 0 aromatic carbocycles. The second-order valence-corrected chi connectivity index (χ2v) is 6.61. The lowest BCUT2D eigenvalue weighted by Crippen LogP contribution is -2.67. The predicted molar refractivity (Wildman–Crippen MR) is 79.1 cm³/mol. The number of hydrogen-bond donors (Lipinski definition) is 1. The van der Waals surface area contributed by atoms with Crippen LogP contribution < -0.4 is 5.32 Å². The fraction of sp³-hybridized carbons (Fsp3) is 0.875. The van der Waals surface area contributed by atoms with E-state index in [9.17, 15) is 9.59 Å². The first kappa shape index (κ1) is 15.3. The molecule has 1 saturated carbocycles. The molecule has 2 rings (SSSR count). The minimum Gasteiger partial charge on any atom is -0.342 e. The van der Waals surface area contributed by atoms with Crippen molar-refractivity contribution in [3.05, 3.63) is 0 Å². The molecule has 1 heterocycles. The molecule has 2 aliphatic rings. The predicted octanol–water partition coefficient (Wildman–Crippen LogP) is 2.33. The molecule has 2 fully saturated rings. The first-order valence-electron chi connectivity index (χ1n) is 8.13. The standard InChI is InChI=1S/C16H28N2O2/c1-5-7-12(6-2)18-14(10(3)4)15(19)17-13(16(18)20)11-8-9-11/h10-14H,5-9H2,1-4H3,(H,17,19). The van der Waals surface area contributed by atoms with E-state index >= 15 is 0 Å². The summed E-state index contributed by atoms with van der Waals surface area (Å²) in [7, 11) is 0. The molecule has 1 N–H and O–H groups in total. The van der Waals surface area contributed by atoms with E-state index in [1.54, 1.807) is 0 Å². The Labute approximate surface area is 122 Å². The van der Waals surface area contributed by atoms with Crippen molar-refractivity contribution in [3.63, 3.8) is 0 Å². The van der Waals surface area contributed by atoms with Gasteiger partial charge in [0.15, 0.2) is 0 Å². The SMILES string of the molecule is CCCC(CC)N1C(=O)C(C2CC2)NC(=O)C1C(C)C. The summed E-state index contributed by atoms with van der Waals surface area (Å²) in [5.74, 6) is 0.739. The maximum atomic E-state index is 12.9. The highest BCUT2D eigenvalue weighted by molar-refractivity contribution is 5.97. The minimum atomic E-state index is -0.297. The number of hydrogen-bond acceptors (Lipinski definition) is 2.